The average Bonchev–Trinajstić information content (AvgIpc) is 3.51. The Labute approximate surface area is 214 Å². The van der Waals surface area contributed by atoms with Crippen LogP contribution >= 0.6 is 50.5 Å². The number of likely N-dealkylation sites (tertiary alicyclic amines) is 2. The Morgan fingerprint density at radius 3 is 2.68 bits per heavy atom. The van der Waals surface area contributed by atoms with Gasteiger partial charge in [-0.2, -0.15) is 8.78 Å². The first-order chi connectivity index (χ1) is 16.1. The number of carbonyl (C=O) groups is 2. The molecular weight excluding hydrogens is 579 g/mol. The second-order valence-corrected chi connectivity index (χ2v) is 11.4. The van der Waals surface area contributed by atoms with Crippen molar-refractivity contribution in [2.45, 2.75) is 11.8 Å². The standard InChI is InChI=1S/C20H14BrCl2F2N5O3S/c21-18-26-4-14(34-18)16(32)30-5-11(19(8-30)6-29(7-19)9-31)15-27-28-17(33-15)20(24,25)10-1-2-12(22)13(23)3-10/h1-4,9,11H,5-8H2. The van der Waals surface area contributed by atoms with Gasteiger partial charge in [0, 0.05) is 37.2 Å². The fourth-order valence-corrected chi connectivity index (χ4v) is 5.98. The van der Waals surface area contributed by atoms with Crippen molar-refractivity contribution >= 4 is 62.8 Å². The molecule has 4 heterocycles. The van der Waals surface area contributed by atoms with E-state index in [0.29, 0.717) is 34.8 Å². The van der Waals surface area contributed by atoms with Crippen LogP contribution in [0.1, 0.15) is 32.9 Å². The van der Waals surface area contributed by atoms with E-state index >= 15 is 8.78 Å². The van der Waals surface area contributed by atoms with Crippen molar-refractivity contribution in [1.29, 1.82) is 0 Å². The summed E-state index contributed by atoms with van der Waals surface area (Å²) in [6.07, 6.45) is 2.18. The summed E-state index contributed by atoms with van der Waals surface area (Å²) in [7, 11) is 0. The summed E-state index contributed by atoms with van der Waals surface area (Å²) in [4.78, 5) is 31.9. The molecule has 2 saturated heterocycles. The summed E-state index contributed by atoms with van der Waals surface area (Å²) in [5.41, 5.74) is -1.01. The Morgan fingerprint density at radius 2 is 2.03 bits per heavy atom. The molecule has 0 radical (unpaired) electrons. The third-order valence-corrected chi connectivity index (χ3v) is 8.30. The lowest BCUT2D eigenvalue weighted by Gasteiger charge is -2.48. The molecule has 0 aliphatic carbocycles. The van der Waals surface area contributed by atoms with Gasteiger partial charge in [-0.25, -0.2) is 4.98 Å². The van der Waals surface area contributed by atoms with Gasteiger partial charge in [-0.15, -0.1) is 21.5 Å². The first-order valence-electron chi connectivity index (χ1n) is 9.90. The highest BCUT2D eigenvalue weighted by molar-refractivity contribution is 9.11. The predicted octanol–water partition coefficient (Wildman–Crippen LogP) is 4.43. The minimum Gasteiger partial charge on any atom is -0.419 e. The fraction of sp³-hybridized carbons (Fsp3) is 0.350. The highest BCUT2D eigenvalue weighted by Crippen LogP contribution is 2.49. The summed E-state index contributed by atoms with van der Waals surface area (Å²) in [6, 6.07) is 3.45. The van der Waals surface area contributed by atoms with Gasteiger partial charge >= 0.3 is 5.92 Å². The first kappa shape index (κ1) is 23.6. The molecule has 34 heavy (non-hydrogen) atoms. The van der Waals surface area contributed by atoms with Crippen molar-refractivity contribution < 1.29 is 22.8 Å². The number of hydrogen-bond acceptors (Lipinski definition) is 7. The number of thiazole rings is 1. The minimum absolute atomic E-state index is 0.0129. The quantitative estimate of drug-likeness (QED) is 0.407. The van der Waals surface area contributed by atoms with Gasteiger partial charge in [0.25, 0.3) is 11.8 Å². The molecule has 0 saturated carbocycles. The number of nitrogens with zero attached hydrogens (tertiary/aromatic N) is 5. The topological polar surface area (TPSA) is 92.4 Å². The molecule has 5 rings (SSSR count). The second kappa shape index (κ2) is 8.51. The highest BCUT2D eigenvalue weighted by Gasteiger charge is 2.58. The first-order valence-corrected chi connectivity index (χ1v) is 12.3. The van der Waals surface area contributed by atoms with Gasteiger partial charge in [-0.1, -0.05) is 29.3 Å². The monoisotopic (exact) mass is 591 g/mol. The Kier molecular flexibility index (Phi) is 5.90. The number of benzene rings is 1. The molecule has 2 fully saturated rings. The van der Waals surface area contributed by atoms with Gasteiger partial charge in [0.2, 0.25) is 12.3 Å². The SMILES string of the molecule is O=CN1CC2(C1)CN(C(=O)c1cnc(Br)s1)CC2c1nnc(C(F)(F)c2ccc(Cl)c(Cl)c2)o1. The summed E-state index contributed by atoms with van der Waals surface area (Å²) in [6.45, 7) is 1.19. The number of rotatable bonds is 5. The molecule has 2 amide bonds. The van der Waals surface area contributed by atoms with E-state index < -0.39 is 28.7 Å². The number of amides is 2. The normalized spacial score (nSPS) is 19.5. The Bertz CT molecular complexity index is 1280. The van der Waals surface area contributed by atoms with Crippen molar-refractivity contribution in [2.75, 3.05) is 26.2 Å². The van der Waals surface area contributed by atoms with Gasteiger partial charge in [0.15, 0.2) is 3.92 Å². The van der Waals surface area contributed by atoms with Crippen molar-refractivity contribution in [1.82, 2.24) is 25.0 Å². The average molecular weight is 593 g/mol. The van der Waals surface area contributed by atoms with Crippen molar-refractivity contribution in [3.05, 3.63) is 60.6 Å². The molecule has 1 aromatic carbocycles. The molecule has 2 aliphatic rings. The summed E-state index contributed by atoms with van der Waals surface area (Å²) in [5.74, 6) is -5.27. The lowest BCUT2D eigenvalue weighted by atomic mass is 9.72. The van der Waals surface area contributed by atoms with Crippen LogP contribution in [0.5, 0.6) is 0 Å². The van der Waals surface area contributed by atoms with Crippen LogP contribution < -0.4 is 0 Å². The van der Waals surface area contributed by atoms with E-state index in [2.05, 4.69) is 31.1 Å². The zero-order valence-corrected chi connectivity index (χ0v) is 21.0. The lowest BCUT2D eigenvalue weighted by molar-refractivity contribution is -0.129. The zero-order chi connectivity index (χ0) is 24.3. The number of alkyl halides is 2. The maximum Gasteiger partial charge on any atom is 0.349 e. The largest absolute Gasteiger partial charge is 0.419 e. The van der Waals surface area contributed by atoms with E-state index in [1.165, 1.54) is 23.6 Å². The van der Waals surface area contributed by atoms with E-state index in [4.69, 9.17) is 27.6 Å². The van der Waals surface area contributed by atoms with Crippen LogP contribution in [0.25, 0.3) is 0 Å². The Balaban J connectivity index is 1.44. The Morgan fingerprint density at radius 1 is 1.26 bits per heavy atom. The summed E-state index contributed by atoms with van der Waals surface area (Å²) < 4.78 is 36.3. The minimum atomic E-state index is -3.61. The van der Waals surface area contributed by atoms with Gasteiger partial charge in [0.05, 0.1) is 22.2 Å². The van der Waals surface area contributed by atoms with Crippen LogP contribution in [0, 0.1) is 5.41 Å². The van der Waals surface area contributed by atoms with E-state index in [-0.39, 0.29) is 28.4 Å². The smallest absolute Gasteiger partial charge is 0.349 e. The molecule has 0 bridgehead atoms. The van der Waals surface area contributed by atoms with Crippen LogP contribution in [0.2, 0.25) is 10.0 Å². The second-order valence-electron chi connectivity index (χ2n) is 8.24. The molecule has 178 valence electrons. The fourth-order valence-electron chi connectivity index (χ4n) is 4.45. The maximum absolute atomic E-state index is 15.1. The van der Waals surface area contributed by atoms with Crippen LogP contribution in [0.15, 0.2) is 32.7 Å². The van der Waals surface area contributed by atoms with Gasteiger partial charge < -0.3 is 14.2 Å². The van der Waals surface area contributed by atoms with Crippen LogP contribution in [0.3, 0.4) is 0 Å². The third kappa shape index (κ3) is 3.90. The predicted molar refractivity (Wildman–Crippen MR) is 122 cm³/mol. The molecule has 14 heteroatoms. The molecule has 2 aromatic heterocycles. The van der Waals surface area contributed by atoms with Crippen LogP contribution in [-0.2, 0) is 10.7 Å². The van der Waals surface area contributed by atoms with E-state index in [1.807, 2.05) is 0 Å². The molecular formula is C20H14BrCl2F2N5O3S. The Hall–Kier alpha value is -2.15. The van der Waals surface area contributed by atoms with Gasteiger partial charge in [-0.3, -0.25) is 9.59 Å². The molecule has 1 spiro atoms. The molecule has 1 atom stereocenters. The summed E-state index contributed by atoms with van der Waals surface area (Å²) in [5, 5.41) is 7.64. The maximum atomic E-state index is 15.1. The van der Waals surface area contributed by atoms with Crippen LogP contribution in [0.4, 0.5) is 8.78 Å². The van der Waals surface area contributed by atoms with Crippen LogP contribution in [-0.4, -0.2) is 63.5 Å². The number of halogens is 5. The van der Waals surface area contributed by atoms with Gasteiger partial charge in [-0.05, 0) is 28.1 Å². The molecule has 1 unspecified atom stereocenters. The molecule has 0 N–H and O–H groups in total. The lowest BCUT2D eigenvalue weighted by Crippen LogP contribution is -2.59. The molecule has 2 aliphatic heterocycles. The van der Waals surface area contributed by atoms with E-state index in [0.717, 1.165) is 12.1 Å². The number of carbonyl (C=O) groups excluding carboxylic acids is 2. The highest BCUT2D eigenvalue weighted by atomic mass is 79.9. The third-order valence-electron chi connectivity index (χ3n) is 6.10. The van der Waals surface area contributed by atoms with E-state index in [1.54, 1.807) is 9.80 Å². The van der Waals surface area contributed by atoms with Crippen molar-refractivity contribution in [3.8, 4) is 0 Å². The zero-order valence-electron chi connectivity index (χ0n) is 17.1. The summed E-state index contributed by atoms with van der Waals surface area (Å²) >= 11 is 16.2. The van der Waals surface area contributed by atoms with Crippen molar-refractivity contribution in [3.63, 3.8) is 0 Å². The number of aromatic nitrogens is 3. The molecule has 3 aromatic rings. The number of hydrogen-bond donors (Lipinski definition) is 0. The van der Waals surface area contributed by atoms with E-state index in [9.17, 15) is 9.59 Å². The van der Waals surface area contributed by atoms with Crippen molar-refractivity contribution in [2.24, 2.45) is 5.41 Å². The molecule has 8 nitrogen and oxygen atoms in total. The van der Waals surface area contributed by atoms with Gasteiger partial charge in [0.1, 0.15) is 4.88 Å².